The smallest absolute Gasteiger partial charge is 0.243 e. The highest BCUT2D eigenvalue weighted by Crippen LogP contribution is 2.24. The van der Waals surface area contributed by atoms with Crippen LogP contribution in [0.25, 0.3) is 10.2 Å². The standard InChI is InChI=1S/C15H20N2O2S/c1-11-8-9-13-12(10-11)16-15(20-13)7-5-3-2-4-6-14(18)17-19/h8-10,19H,2-7H2,1H3,(H,17,18). The largest absolute Gasteiger partial charge is 0.289 e. The van der Waals surface area contributed by atoms with Crippen LogP contribution in [-0.4, -0.2) is 16.1 Å². The van der Waals surface area contributed by atoms with E-state index in [1.807, 2.05) is 0 Å². The van der Waals surface area contributed by atoms with Crippen molar-refractivity contribution in [3.8, 4) is 0 Å². The van der Waals surface area contributed by atoms with Crippen LogP contribution in [0.15, 0.2) is 18.2 Å². The van der Waals surface area contributed by atoms with Crippen LogP contribution in [0.2, 0.25) is 0 Å². The van der Waals surface area contributed by atoms with E-state index in [4.69, 9.17) is 5.21 Å². The number of aromatic nitrogens is 1. The molecule has 2 aromatic rings. The van der Waals surface area contributed by atoms with Crippen molar-refractivity contribution < 1.29 is 10.0 Å². The lowest BCUT2D eigenvalue weighted by Crippen LogP contribution is -2.17. The van der Waals surface area contributed by atoms with Gasteiger partial charge in [-0.05, 0) is 43.9 Å². The van der Waals surface area contributed by atoms with E-state index in [9.17, 15) is 4.79 Å². The lowest BCUT2D eigenvalue weighted by atomic mass is 10.1. The molecule has 1 amide bonds. The van der Waals surface area contributed by atoms with Gasteiger partial charge in [0.25, 0.3) is 0 Å². The molecule has 0 aliphatic heterocycles. The molecule has 4 nitrogen and oxygen atoms in total. The summed E-state index contributed by atoms with van der Waals surface area (Å²) in [4.78, 5) is 15.5. The number of carbonyl (C=O) groups excluding carboxylic acids is 1. The molecule has 20 heavy (non-hydrogen) atoms. The summed E-state index contributed by atoms with van der Waals surface area (Å²) in [5.74, 6) is -0.299. The molecule has 2 rings (SSSR count). The Morgan fingerprint density at radius 1 is 1.30 bits per heavy atom. The van der Waals surface area contributed by atoms with Crippen molar-refractivity contribution in [1.82, 2.24) is 10.5 Å². The van der Waals surface area contributed by atoms with E-state index in [1.54, 1.807) is 16.8 Å². The second kappa shape index (κ2) is 7.36. The molecule has 0 unspecified atom stereocenters. The van der Waals surface area contributed by atoms with Crippen LogP contribution in [0, 0.1) is 6.92 Å². The van der Waals surface area contributed by atoms with Crippen LogP contribution in [0.3, 0.4) is 0 Å². The molecule has 0 fully saturated rings. The third kappa shape index (κ3) is 4.28. The van der Waals surface area contributed by atoms with Gasteiger partial charge in [0, 0.05) is 6.42 Å². The Morgan fingerprint density at radius 3 is 2.90 bits per heavy atom. The number of thiazole rings is 1. The Kier molecular flexibility index (Phi) is 5.49. The van der Waals surface area contributed by atoms with Gasteiger partial charge in [0.05, 0.1) is 15.2 Å². The van der Waals surface area contributed by atoms with Crippen LogP contribution in [0.4, 0.5) is 0 Å². The molecule has 0 spiro atoms. The molecule has 0 radical (unpaired) electrons. The topological polar surface area (TPSA) is 62.2 Å². The summed E-state index contributed by atoms with van der Waals surface area (Å²) < 4.78 is 1.25. The molecule has 1 heterocycles. The van der Waals surface area contributed by atoms with Crippen LogP contribution < -0.4 is 5.48 Å². The lowest BCUT2D eigenvalue weighted by molar-refractivity contribution is -0.129. The molecule has 5 heteroatoms. The number of hydrogen-bond donors (Lipinski definition) is 2. The lowest BCUT2D eigenvalue weighted by Gasteiger charge is -1.99. The molecule has 1 aromatic heterocycles. The number of fused-ring (bicyclic) bond motifs is 1. The number of carbonyl (C=O) groups is 1. The third-order valence-electron chi connectivity index (χ3n) is 3.26. The van der Waals surface area contributed by atoms with Crippen LogP contribution >= 0.6 is 11.3 Å². The number of aryl methyl sites for hydroxylation is 2. The van der Waals surface area contributed by atoms with Crippen LogP contribution in [0.5, 0.6) is 0 Å². The molecule has 0 bridgehead atoms. The minimum absolute atomic E-state index is 0.299. The minimum Gasteiger partial charge on any atom is -0.289 e. The van der Waals surface area contributed by atoms with Crippen molar-refractivity contribution in [1.29, 1.82) is 0 Å². The van der Waals surface area contributed by atoms with E-state index < -0.39 is 0 Å². The molecular weight excluding hydrogens is 272 g/mol. The summed E-state index contributed by atoms with van der Waals surface area (Å²) in [6.45, 7) is 2.08. The fourth-order valence-corrected chi connectivity index (χ4v) is 3.15. The molecule has 0 saturated heterocycles. The number of unbranched alkanes of at least 4 members (excludes halogenated alkanes) is 3. The second-order valence-electron chi connectivity index (χ2n) is 5.03. The van der Waals surface area contributed by atoms with E-state index in [0.29, 0.717) is 6.42 Å². The predicted octanol–water partition coefficient (Wildman–Crippen LogP) is 3.60. The first kappa shape index (κ1) is 14.9. The number of nitrogens with zero attached hydrogens (tertiary/aromatic N) is 1. The number of nitrogens with one attached hydrogen (secondary N) is 1. The van der Waals surface area contributed by atoms with Gasteiger partial charge in [-0.15, -0.1) is 11.3 Å². The van der Waals surface area contributed by atoms with Crippen molar-refractivity contribution in [3.63, 3.8) is 0 Å². The van der Waals surface area contributed by atoms with Gasteiger partial charge in [0.15, 0.2) is 0 Å². The molecule has 0 atom stereocenters. The summed E-state index contributed by atoms with van der Waals surface area (Å²) in [5, 5.41) is 9.56. The summed E-state index contributed by atoms with van der Waals surface area (Å²) in [7, 11) is 0. The molecule has 2 N–H and O–H groups in total. The number of hydrogen-bond acceptors (Lipinski definition) is 4. The molecule has 1 aromatic carbocycles. The van der Waals surface area contributed by atoms with Gasteiger partial charge < -0.3 is 0 Å². The quantitative estimate of drug-likeness (QED) is 0.465. The highest BCUT2D eigenvalue weighted by Gasteiger charge is 2.04. The number of rotatable bonds is 7. The van der Waals surface area contributed by atoms with E-state index in [1.165, 1.54) is 15.3 Å². The maximum atomic E-state index is 10.8. The molecular formula is C15H20N2O2S. The average Bonchev–Trinajstić information content (AvgIpc) is 2.84. The van der Waals surface area contributed by atoms with E-state index in [2.05, 4.69) is 30.1 Å². The van der Waals surface area contributed by atoms with Crippen molar-refractivity contribution >= 4 is 27.5 Å². The average molecular weight is 292 g/mol. The van der Waals surface area contributed by atoms with Gasteiger partial charge >= 0.3 is 0 Å². The first-order valence-corrected chi connectivity index (χ1v) is 7.79. The summed E-state index contributed by atoms with van der Waals surface area (Å²) in [5.41, 5.74) is 4.00. The highest BCUT2D eigenvalue weighted by atomic mass is 32.1. The Labute approximate surface area is 122 Å². The monoisotopic (exact) mass is 292 g/mol. The van der Waals surface area contributed by atoms with Crippen molar-refractivity contribution in [3.05, 3.63) is 28.8 Å². The normalized spacial score (nSPS) is 10.9. The third-order valence-corrected chi connectivity index (χ3v) is 4.35. The maximum absolute atomic E-state index is 10.8. The molecule has 0 saturated carbocycles. The number of hydroxylamine groups is 1. The maximum Gasteiger partial charge on any atom is 0.243 e. The Balaban J connectivity index is 1.72. The van der Waals surface area contributed by atoms with E-state index >= 15 is 0 Å². The van der Waals surface area contributed by atoms with Gasteiger partial charge in [0.2, 0.25) is 5.91 Å². The number of amides is 1. The Bertz CT molecular complexity index is 580. The number of benzene rings is 1. The Hall–Kier alpha value is -1.46. The van der Waals surface area contributed by atoms with Crippen molar-refractivity contribution in [2.45, 2.75) is 45.4 Å². The van der Waals surface area contributed by atoms with Gasteiger partial charge in [-0.25, -0.2) is 10.5 Å². The second-order valence-corrected chi connectivity index (χ2v) is 6.14. The minimum atomic E-state index is -0.299. The Morgan fingerprint density at radius 2 is 2.10 bits per heavy atom. The zero-order valence-corrected chi connectivity index (χ0v) is 12.5. The van der Waals surface area contributed by atoms with Gasteiger partial charge in [-0.3, -0.25) is 10.0 Å². The molecule has 0 aliphatic rings. The predicted molar refractivity (Wildman–Crippen MR) is 81.1 cm³/mol. The highest BCUT2D eigenvalue weighted by molar-refractivity contribution is 7.18. The van der Waals surface area contributed by atoms with Crippen LogP contribution in [-0.2, 0) is 11.2 Å². The van der Waals surface area contributed by atoms with E-state index in [-0.39, 0.29) is 5.91 Å². The fourth-order valence-electron chi connectivity index (χ4n) is 2.16. The summed E-state index contributed by atoms with van der Waals surface area (Å²) in [6.07, 6.45) is 5.43. The summed E-state index contributed by atoms with van der Waals surface area (Å²) >= 11 is 1.77. The molecule has 108 valence electrons. The van der Waals surface area contributed by atoms with Gasteiger partial charge in [-0.1, -0.05) is 18.9 Å². The van der Waals surface area contributed by atoms with Gasteiger partial charge in [0.1, 0.15) is 0 Å². The molecule has 0 aliphatic carbocycles. The zero-order valence-electron chi connectivity index (χ0n) is 11.7. The van der Waals surface area contributed by atoms with Gasteiger partial charge in [-0.2, -0.15) is 0 Å². The zero-order chi connectivity index (χ0) is 14.4. The fraction of sp³-hybridized carbons (Fsp3) is 0.467. The van der Waals surface area contributed by atoms with Crippen LogP contribution in [0.1, 0.15) is 42.7 Å². The SMILES string of the molecule is Cc1ccc2sc(CCCCCCC(=O)NO)nc2c1. The summed E-state index contributed by atoms with van der Waals surface area (Å²) in [6, 6.07) is 6.39. The first-order valence-electron chi connectivity index (χ1n) is 6.98. The van der Waals surface area contributed by atoms with Crippen molar-refractivity contribution in [2.75, 3.05) is 0 Å². The first-order chi connectivity index (χ1) is 9.69. The van der Waals surface area contributed by atoms with E-state index in [0.717, 1.165) is 37.6 Å². The van der Waals surface area contributed by atoms with Crippen molar-refractivity contribution in [2.24, 2.45) is 0 Å².